The molecular formula is C28H31N3O2. The predicted octanol–water partition coefficient (Wildman–Crippen LogP) is 7.00. The first-order valence-corrected chi connectivity index (χ1v) is 11.3. The number of hydrogen-bond acceptors (Lipinski definition) is 4. The summed E-state index contributed by atoms with van der Waals surface area (Å²) in [5, 5.41) is 8.64. The first-order valence-electron chi connectivity index (χ1n) is 11.3. The molecule has 0 spiro atoms. The Morgan fingerprint density at radius 3 is 2.27 bits per heavy atom. The van der Waals surface area contributed by atoms with Crippen molar-refractivity contribution in [2.24, 2.45) is 0 Å². The lowest BCUT2D eigenvalue weighted by Gasteiger charge is -2.19. The van der Waals surface area contributed by atoms with E-state index in [9.17, 15) is 4.79 Å². The smallest absolute Gasteiger partial charge is 0.407 e. The van der Waals surface area contributed by atoms with Gasteiger partial charge in [0.15, 0.2) is 0 Å². The Bertz CT molecular complexity index is 1340. The number of benzene rings is 3. The van der Waals surface area contributed by atoms with Gasteiger partial charge in [-0.2, -0.15) is 0 Å². The maximum atomic E-state index is 11.7. The van der Waals surface area contributed by atoms with Crippen molar-refractivity contribution in [3.05, 3.63) is 76.3 Å². The molecule has 0 atom stereocenters. The van der Waals surface area contributed by atoms with Gasteiger partial charge >= 0.3 is 6.09 Å². The van der Waals surface area contributed by atoms with E-state index in [4.69, 9.17) is 9.72 Å². The molecular weight excluding hydrogens is 410 g/mol. The zero-order valence-electron chi connectivity index (χ0n) is 20.2. The molecule has 4 aromatic rings. The second-order valence-corrected chi connectivity index (χ2v) is 8.92. The number of amides is 1. The average molecular weight is 442 g/mol. The molecule has 0 bridgehead atoms. The number of ether oxygens (including phenoxy) is 1. The van der Waals surface area contributed by atoms with Gasteiger partial charge in [-0.25, -0.2) is 9.78 Å². The molecule has 1 aromatic heterocycles. The number of rotatable bonds is 5. The minimum absolute atomic E-state index is 0.0496. The molecule has 0 radical (unpaired) electrons. The minimum Gasteiger partial charge on any atom is -0.445 e. The summed E-state index contributed by atoms with van der Waals surface area (Å²) < 4.78 is 5.29. The minimum atomic E-state index is -0.404. The summed E-state index contributed by atoms with van der Waals surface area (Å²) in [6, 6.07) is 16.3. The number of aromatic nitrogens is 1. The summed E-state index contributed by atoms with van der Waals surface area (Å²) in [6.07, 6.45) is -0.404. The lowest BCUT2D eigenvalue weighted by molar-refractivity contribution is 0.137. The Balaban J connectivity index is 1.71. The number of aryl methyl sites for hydroxylation is 2. The van der Waals surface area contributed by atoms with Crippen LogP contribution in [0.5, 0.6) is 0 Å². The van der Waals surface area contributed by atoms with Gasteiger partial charge in [-0.05, 0) is 87.6 Å². The van der Waals surface area contributed by atoms with Crippen LogP contribution in [0.2, 0.25) is 0 Å². The van der Waals surface area contributed by atoms with Crippen molar-refractivity contribution in [3.8, 4) is 0 Å². The molecule has 0 fully saturated rings. The highest BCUT2D eigenvalue weighted by molar-refractivity contribution is 6.11. The van der Waals surface area contributed by atoms with E-state index in [-0.39, 0.29) is 12.6 Å². The van der Waals surface area contributed by atoms with Gasteiger partial charge in [0.1, 0.15) is 6.61 Å². The van der Waals surface area contributed by atoms with Crippen molar-refractivity contribution in [3.63, 3.8) is 0 Å². The molecule has 170 valence electrons. The SMILES string of the molecule is Cc1c(C)c(C)c2c(Nc3ccc(COC(=O)NC(C)C)cc3)c3ccccc3nc2c1C. The number of carbonyl (C=O) groups is 1. The standard InChI is InChI=1S/C28H31N3O2/c1-16(2)29-28(32)33-15-21-11-13-22(14-12-21)30-27-23-9-7-8-10-24(23)31-26-20(6)18(4)17(3)19(5)25(26)27/h7-14,16H,15H2,1-6H3,(H,29,32)(H,30,31). The Morgan fingerprint density at radius 1 is 0.909 bits per heavy atom. The number of alkyl carbamates (subject to hydrolysis) is 1. The van der Waals surface area contributed by atoms with E-state index in [1.165, 1.54) is 22.3 Å². The van der Waals surface area contributed by atoms with Gasteiger partial charge in [-0.3, -0.25) is 0 Å². The summed E-state index contributed by atoms with van der Waals surface area (Å²) in [6.45, 7) is 12.7. The molecule has 0 aliphatic rings. The lowest BCUT2D eigenvalue weighted by Crippen LogP contribution is -2.30. The van der Waals surface area contributed by atoms with E-state index in [1.807, 2.05) is 50.2 Å². The Morgan fingerprint density at radius 2 is 1.58 bits per heavy atom. The zero-order valence-corrected chi connectivity index (χ0v) is 20.2. The molecule has 3 aromatic carbocycles. The van der Waals surface area contributed by atoms with Gasteiger partial charge in [0, 0.05) is 22.5 Å². The van der Waals surface area contributed by atoms with Crippen LogP contribution in [0.4, 0.5) is 16.2 Å². The fourth-order valence-electron chi connectivity index (χ4n) is 4.16. The van der Waals surface area contributed by atoms with Gasteiger partial charge in [0.2, 0.25) is 0 Å². The zero-order chi connectivity index (χ0) is 23.7. The van der Waals surface area contributed by atoms with Crippen molar-refractivity contribution in [1.29, 1.82) is 0 Å². The molecule has 4 rings (SSSR count). The summed E-state index contributed by atoms with van der Waals surface area (Å²) in [5.41, 5.74) is 10.0. The highest BCUT2D eigenvalue weighted by Gasteiger charge is 2.17. The van der Waals surface area contributed by atoms with Crippen molar-refractivity contribution in [2.45, 2.75) is 54.2 Å². The highest BCUT2D eigenvalue weighted by atomic mass is 16.5. The van der Waals surface area contributed by atoms with Gasteiger partial charge in [0.25, 0.3) is 0 Å². The number of anilines is 2. The summed E-state index contributed by atoms with van der Waals surface area (Å²) in [4.78, 5) is 16.8. The van der Waals surface area contributed by atoms with Crippen LogP contribution in [0.1, 0.15) is 41.7 Å². The van der Waals surface area contributed by atoms with Crippen molar-refractivity contribution < 1.29 is 9.53 Å². The van der Waals surface area contributed by atoms with Crippen LogP contribution in [0.25, 0.3) is 21.8 Å². The van der Waals surface area contributed by atoms with Crippen LogP contribution in [-0.2, 0) is 11.3 Å². The molecule has 5 heteroatoms. The Hall–Kier alpha value is -3.60. The largest absolute Gasteiger partial charge is 0.445 e. The van der Waals surface area contributed by atoms with Crippen LogP contribution in [-0.4, -0.2) is 17.1 Å². The van der Waals surface area contributed by atoms with E-state index < -0.39 is 6.09 Å². The quantitative estimate of drug-likeness (QED) is 0.327. The third kappa shape index (κ3) is 4.49. The molecule has 0 saturated heterocycles. The molecule has 1 heterocycles. The molecule has 2 N–H and O–H groups in total. The first kappa shape index (κ1) is 22.6. The number of hydrogen-bond donors (Lipinski definition) is 2. The fourth-order valence-corrected chi connectivity index (χ4v) is 4.16. The molecule has 5 nitrogen and oxygen atoms in total. The van der Waals surface area contributed by atoms with Gasteiger partial charge in [-0.1, -0.05) is 30.3 Å². The summed E-state index contributed by atoms with van der Waals surface area (Å²) in [5.74, 6) is 0. The fraction of sp³-hybridized carbons (Fsp3) is 0.286. The molecule has 0 aliphatic heterocycles. The highest BCUT2D eigenvalue weighted by Crippen LogP contribution is 2.38. The number of fused-ring (bicyclic) bond motifs is 2. The summed E-state index contributed by atoms with van der Waals surface area (Å²) in [7, 11) is 0. The maximum Gasteiger partial charge on any atom is 0.407 e. The van der Waals surface area contributed by atoms with Gasteiger partial charge in [-0.15, -0.1) is 0 Å². The molecule has 1 amide bonds. The number of nitrogens with one attached hydrogen (secondary N) is 2. The maximum absolute atomic E-state index is 11.7. The van der Waals surface area contributed by atoms with E-state index in [1.54, 1.807) is 0 Å². The van der Waals surface area contributed by atoms with Crippen molar-refractivity contribution in [2.75, 3.05) is 5.32 Å². The van der Waals surface area contributed by atoms with Gasteiger partial charge in [0.05, 0.1) is 16.7 Å². The van der Waals surface area contributed by atoms with Crippen molar-refractivity contribution in [1.82, 2.24) is 10.3 Å². The van der Waals surface area contributed by atoms with Crippen LogP contribution in [0.3, 0.4) is 0 Å². The topological polar surface area (TPSA) is 63.2 Å². The van der Waals surface area contributed by atoms with Crippen LogP contribution in [0.15, 0.2) is 48.5 Å². The normalized spacial score (nSPS) is 11.2. The Labute approximate surface area is 195 Å². The van der Waals surface area contributed by atoms with E-state index in [2.05, 4.69) is 50.5 Å². The van der Waals surface area contributed by atoms with E-state index >= 15 is 0 Å². The summed E-state index contributed by atoms with van der Waals surface area (Å²) >= 11 is 0. The third-order valence-electron chi connectivity index (χ3n) is 6.31. The number of para-hydroxylation sites is 1. The van der Waals surface area contributed by atoms with E-state index in [0.717, 1.165) is 38.7 Å². The monoisotopic (exact) mass is 441 g/mol. The van der Waals surface area contributed by atoms with E-state index in [0.29, 0.717) is 0 Å². The van der Waals surface area contributed by atoms with Crippen LogP contribution in [0, 0.1) is 27.7 Å². The number of carbonyl (C=O) groups excluding carboxylic acids is 1. The molecule has 0 saturated carbocycles. The first-order chi connectivity index (χ1) is 15.8. The van der Waals surface area contributed by atoms with Crippen LogP contribution < -0.4 is 10.6 Å². The van der Waals surface area contributed by atoms with Crippen molar-refractivity contribution >= 4 is 39.3 Å². The molecule has 0 aliphatic carbocycles. The Kier molecular flexibility index (Phi) is 6.23. The average Bonchev–Trinajstić information content (AvgIpc) is 2.80. The number of pyridine rings is 1. The lowest BCUT2D eigenvalue weighted by atomic mass is 9.92. The second-order valence-electron chi connectivity index (χ2n) is 8.92. The molecule has 0 unspecified atom stereocenters. The third-order valence-corrected chi connectivity index (χ3v) is 6.31. The van der Waals surface area contributed by atoms with Crippen LogP contribution >= 0.6 is 0 Å². The van der Waals surface area contributed by atoms with Gasteiger partial charge < -0.3 is 15.4 Å². The molecule has 33 heavy (non-hydrogen) atoms. The number of nitrogens with zero attached hydrogens (tertiary/aromatic N) is 1. The predicted molar refractivity (Wildman–Crippen MR) is 136 cm³/mol. The second kappa shape index (κ2) is 9.10.